The second-order valence-electron chi connectivity index (χ2n) is 3.25. The molecule has 1 aromatic rings. The van der Waals surface area contributed by atoms with Gasteiger partial charge in [-0.15, -0.1) is 0 Å². The third-order valence-corrected chi connectivity index (χ3v) is 1.85. The summed E-state index contributed by atoms with van der Waals surface area (Å²) in [7, 11) is 0. The molecular weight excluding hydrogens is 274 g/mol. The van der Waals surface area contributed by atoms with Crippen molar-refractivity contribution in [3.8, 4) is 11.5 Å². The van der Waals surface area contributed by atoms with E-state index in [0.29, 0.717) is 17.1 Å². The van der Waals surface area contributed by atoms with Crippen LogP contribution in [0, 0.1) is 6.92 Å². The van der Waals surface area contributed by atoms with E-state index in [1.165, 1.54) is 18.2 Å². The molecule has 1 aromatic carbocycles. The molecule has 0 spiro atoms. The monoisotopic (exact) mass is 284 g/mol. The van der Waals surface area contributed by atoms with Gasteiger partial charge in [0, 0.05) is 0 Å². The first-order chi connectivity index (χ1) is 7.99. The molecule has 0 saturated carbocycles. The fourth-order valence-corrected chi connectivity index (χ4v) is 1.15. The van der Waals surface area contributed by atoms with E-state index in [1.54, 1.807) is 6.92 Å². The van der Waals surface area contributed by atoms with E-state index >= 15 is 0 Å². The first kappa shape index (κ1) is 21.1. The van der Waals surface area contributed by atoms with Crippen molar-refractivity contribution in [1.29, 1.82) is 0 Å². The number of hydrogen-bond acceptors (Lipinski definition) is 6. The summed E-state index contributed by atoms with van der Waals surface area (Å²) in [5.41, 5.74) is 0.627. The van der Waals surface area contributed by atoms with Crippen LogP contribution in [0.5, 0.6) is 11.5 Å². The van der Waals surface area contributed by atoms with Gasteiger partial charge in [0.15, 0.2) is 0 Å². The van der Waals surface area contributed by atoms with Gasteiger partial charge in [-0.3, -0.25) is 0 Å². The Morgan fingerprint density at radius 2 is 1.58 bits per heavy atom. The smallest absolute Gasteiger partial charge is 0.546 e. The van der Waals surface area contributed by atoms with Crippen LogP contribution in [0.25, 0.3) is 0 Å². The summed E-state index contributed by atoms with van der Waals surface area (Å²) in [5, 5.41) is 20.4. The van der Waals surface area contributed by atoms with Gasteiger partial charge in [-0.1, -0.05) is 0 Å². The van der Waals surface area contributed by atoms with Crippen LogP contribution in [0.1, 0.15) is 5.56 Å². The van der Waals surface area contributed by atoms with Crippen LogP contribution in [0.4, 0.5) is 0 Å². The molecule has 0 radical (unpaired) electrons. The van der Waals surface area contributed by atoms with Gasteiger partial charge < -0.3 is 29.3 Å². The fraction of sp³-hybridized carbons (Fsp3) is 0.273. The summed E-state index contributed by atoms with van der Waals surface area (Å²) in [5.74, 6) is -1.93. The van der Waals surface area contributed by atoms with E-state index in [2.05, 4.69) is 0 Å². The molecule has 0 atom stereocenters. The fourth-order valence-electron chi connectivity index (χ4n) is 1.15. The SMILES string of the molecule is Cc1cc(OCC(=O)[O-])ccc1OCC(=O)[O-].[Na+].[Na+]. The number of benzene rings is 1. The molecular formula is C11H10Na2O6. The third kappa shape index (κ3) is 8.52. The van der Waals surface area contributed by atoms with Crippen LogP contribution < -0.4 is 78.8 Å². The summed E-state index contributed by atoms with van der Waals surface area (Å²) < 4.78 is 9.82. The maximum atomic E-state index is 10.2. The van der Waals surface area contributed by atoms with Crippen molar-refractivity contribution in [3.05, 3.63) is 23.8 Å². The molecule has 0 fully saturated rings. The molecule has 8 heteroatoms. The summed E-state index contributed by atoms with van der Waals surface area (Å²) in [6.45, 7) is 0.593. The van der Waals surface area contributed by atoms with Crippen LogP contribution in [0.3, 0.4) is 0 Å². The Bertz CT molecular complexity index is 435. The molecule has 0 amide bonds. The molecule has 0 aliphatic carbocycles. The van der Waals surface area contributed by atoms with E-state index in [9.17, 15) is 19.8 Å². The van der Waals surface area contributed by atoms with Crippen molar-refractivity contribution in [2.75, 3.05) is 13.2 Å². The van der Waals surface area contributed by atoms with Crippen LogP contribution in [0.15, 0.2) is 18.2 Å². The Kier molecular flexibility index (Phi) is 11.7. The Hall–Kier alpha value is -0.240. The normalized spacial score (nSPS) is 8.68. The Balaban J connectivity index is 0. The van der Waals surface area contributed by atoms with E-state index in [-0.39, 0.29) is 59.1 Å². The Labute approximate surface area is 154 Å². The molecule has 1 rings (SSSR count). The van der Waals surface area contributed by atoms with E-state index in [1.807, 2.05) is 0 Å². The standard InChI is InChI=1S/C11H12O6.2Na/c1-7-4-8(16-5-10(12)13)2-3-9(7)17-6-11(14)15;;/h2-4H,5-6H2,1H3,(H,12,13)(H,14,15);;/q;2*+1/p-2. The summed E-state index contributed by atoms with van der Waals surface area (Å²) >= 11 is 0. The maximum absolute atomic E-state index is 10.2. The second-order valence-corrected chi connectivity index (χ2v) is 3.25. The average molecular weight is 284 g/mol. The zero-order valence-electron chi connectivity index (χ0n) is 11.1. The maximum Gasteiger partial charge on any atom is 1.00 e. The Morgan fingerprint density at radius 1 is 1.05 bits per heavy atom. The van der Waals surface area contributed by atoms with Gasteiger partial charge in [0.05, 0.1) is 11.9 Å². The van der Waals surface area contributed by atoms with Gasteiger partial charge in [-0.25, -0.2) is 0 Å². The molecule has 0 N–H and O–H groups in total. The zero-order valence-corrected chi connectivity index (χ0v) is 15.1. The molecule has 0 heterocycles. The van der Waals surface area contributed by atoms with Gasteiger partial charge >= 0.3 is 59.1 Å². The molecule has 6 nitrogen and oxygen atoms in total. The van der Waals surface area contributed by atoms with Crippen LogP contribution in [0.2, 0.25) is 0 Å². The van der Waals surface area contributed by atoms with E-state index < -0.39 is 25.2 Å². The number of carbonyl (C=O) groups excluding carboxylic acids is 2. The minimum absolute atomic E-state index is 0. The summed E-state index contributed by atoms with van der Waals surface area (Å²) in [6.07, 6.45) is 0. The number of rotatable bonds is 6. The number of hydrogen-bond donors (Lipinski definition) is 0. The van der Waals surface area contributed by atoms with Crippen molar-refractivity contribution in [2.24, 2.45) is 0 Å². The minimum Gasteiger partial charge on any atom is -0.546 e. The first-order valence-electron chi connectivity index (χ1n) is 4.75. The quantitative estimate of drug-likeness (QED) is 0.481. The molecule has 0 aromatic heterocycles. The van der Waals surface area contributed by atoms with Gasteiger partial charge in [0.1, 0.15) is 24.7 Å². The zero-order chi connectivity index (χ0) is 12.8. The van der Waals surface area contributed by atoms with Gasteiger partial charge in [-0.05, 0) is 30.7 Å². The van der Waals surface area contributed by atoms with E-state index in [4.69, 9.17) is 9.47 Å². The number of aliphatic carboxylic acids is 2. The molecule has 19 heavy (non-hydrogen) atoms. The number of aryl methyl sites for hydroxylation is 1. The van der Waals surface area contributed by atoms with Gasteiger partial charge in [0.2, 0.25) is 0 Å². The number of ether oxygens (including phenoxy) is 2. The molecule has 0 aliphatic rings. The molecule has 92 valence electrons. The second kappa shape index (κ2) is 10.5. The van der Waals surface area contributed by atoms with Crippen molar-refractivity contribution >= 4 is 11.9 Å². The Morgan fingerprint density at radius 3 is 2.05 bits per heavy atom. The summed E-state index contributed by atoms with van der Waals surface area (Å²) in [6, 6.07) is 4.50. The van der Waals surface area contributed by atoms with Crippen molar-refractivity contribution < 1.29 is 88.4 Å². The number of carboxylic acids is 2. The predicted octanol–water partition coefficient (Wildman–Crippen LogP) is -7.74. The third-order valence-electron chi connectivity index (χ3n) is 1.85. The van der Waals surface area contributed by atoms with Crippen LogP contribution in [-0.4, -0.2) is 25.2 Å². The van der Waals surface area contributed by atoms with Crippen molar-refractivity contribution in [2.45, 2.75) is 6.92 Å². The van der Waals surface area contributed by atoms with Gasteiger partial charge in [-0.2, -0.15) is 0 Å². The van der Waals surface area contributed by atoms with E-state index in [0.717, 1.165) is 0 Å². The molecule has 0 saturated heterocycles. The van der Waals surface area contributed by atoms with Gasteiger partial charge in [0.25, 0.3) is 0 Å². The first-order valence-corrected chi connectivity index (χ1v) is 4.75. The minimum atomic E-state index is -1.32. The molecule has 0 unspecified atom stereocenters. The summed E-state index contributed by atoms with van der Waals surface area (Å²) in [4.78, 5) is 20.4. The topological polar surface area (TPSA) is 98.7 Å². The van der Waals surface area contributed by atoms with Crippen LogP contribution >= 0.6 is 0 Å². The largest absolute Gasteiger partial charge is 1.00 e. The average Bonchev–Trinajstić information content (AvgIpc) is 2.24. The molecule has 0 bridgehead atoms. The number of carbonyl (C=O) groups is 2. The predicted molar refractivity (Wildman–Crippen MR) is 52.2 cm³/mol. The van der Waals surface area contributed by atoms with Crippen molar-refractivity contribution in [3.63, 3.8) is 0 Å². The molecule has 0 aliphatic heterocycles. The number of carboxylic acid groups (broad SMARTS) is 2. The van der Waals surface area contributed by atoms with Crippen molar-refractivity contribution in [1.82, 2.24) is 0 Å². The van der Waals surface area contributed by atoms with Crippen LogP contribution in [-0.2, 0) is 9.59 Å².